The van der Waals surface area contributed by atoms with Gasteiger partial charge in [0.25, 0.3) is 0 Å². The Labute approximate surface area is 149 Å². The lowest BCUT2D eigenvalue weighted by molar-refractivity contribution is -0.145. The summed E-state index contributed by atoms with van der Waals surface area (Å²) in [5.41, 5.74) is 0.598. The quantitative estimate of drug-likeness (QED) is 0.848. The number of rotatable bonds is 6. The molecule has 2 aliphatic rings. The average molecular weight is 344 g/mol. The van der Waals surface area contributed by atoms with Gasteiger partial charge >= 0.3 is 0 Å². The molecule has 0 aliphatic carbocycles. The van der Waals surface area contributed by atoms with Gasteiger partial charge in [0, 0.05) is 25.8 Å². The van der Waals surface area contributed by atoms with Crippen LogP contribution in [0.4, 0.5) is 0 Å². The fourth-order valence-corrected chi connectivity index (χ4v) is 4.06. The summed E-state index contributed by atoms with van der Waals surface area (Å²) in [4.78, 5) is 33.4. The maximum Gasteiger partial charge on any atom is 0.234 e. The van der Waals surface area contributed by atoms with Crippen LogP contribution in [0.1, 0.15) is 38.3 Å². The summed E-state index contributed by atoms with van der Waals surface area (Å²) in [5, 5.41) is 2.92. The van der Waals surface area contributed by atoms with Crippen LogP contribution in [0, 0.1) is 5.41 Å². The van der Waals surface area contributed by atoms with Crippen LogP contribution < -0.4 is 5.32 Å². The summed E-state index contributed by atoms with van der Waals surface area (Å²) in [6.07, 6.45) is 5.63. The van der Waals surface area contributed by atoms with Crippen molar-refractivity contribution in [3.05, 3.63) is 30.1 Å². The highest BCUT2D eigenvalue weighted by molar-refractivity contribution is 5.84. The van der Waals surface area contributed by atoms with Crippen LogP contribution >= 0.6 is 0 Å². The molecule has 1 aromatic rings. The van der Waals surface area contributed by atoms with Gasteiger partial charge in [-0.25, -0.2) is 0 Å². The number of carbonyl (C=O) groups is 2. The van der Waals surface area contributed by atoms with Crippen molar-refractivity contribution in [2.24, 2.45) is 5.41 Å². The van der Waals surface area contributed by atoms with Gasteiger partial charge in [0.15, 0.2) is 0 Å². The molecule has 3 heterocycles. The molecule has 0 aromatic carbocycles. The lowest BCUT2D eigenvalue weighted by Crippen LogP contribution is -2.50. The highest BCUT2D eigenvalue weighted by Gasteiger charge is 2.48. The van der Waals surface area contributed by atoms with Crippen LogP contribution in [-0.2, 0) is 16.1 Å². The zero-order valence-corrected chi connectivity index (χ0v) is 15.0. The van der Waals surface area contributed by atoms with E-state index in [0.717, 1.165) is 51.0 Å². The number of nitrogens with one attached hydrogen (secondary N) is 1. The molecule has 3 rings (SSSR count). The molecule has 1 atom stereocenters. The van der Waals surface area contributed by atoms with Gasteiger partial charge in [-0.05, 0) is 44.4 Å². The van der Waals surface area contributed by atoms with Crippen LogP contribution in [0.5, 0.6) is 0 Å². The highest BCUT2D eigenvalue weighted by Crippen LogP contribution is 2.39. The average Bonchev–Trinajstić information content (AvgIpc) is 3.02. The Morgan fingerprint density at radius 2 is 2.20 bits per heavy atom. The topological polar surface area (TPSA) is 65.5 Å². The molecule has 6 nitrogen and oxygen atoms in total. The number of pyridine rings is 1. The Morgan fingerprint density at radius 3 is 2.96 bits per heavy atom. The molecular weight excluding hydrogens is 316 g/mol. The zero-order valence-electron chi connectivity index (χ0n) is 15.0. The molecular formula is C19H28N4O2. The van der Waals surface area contributed by atoms with Crippen LogP contribution in [0.2, 0.25) is 0 Å². The standard InChI is InChI=1S/C19H28N4O2/c1-2-10-23-11-5-7-19(18(23)25)8-12-22(15-19)14-17(24)21-13-16-6-3-4-9-20-16/h3-4,6,9H,2,5,7-8,10-15H2,1H3,(H,21,24)/t19-/m1/s1. The highest BCUT2D eigenvalue weighted by atomic mass is 16.2. The number of nitrogens with zero attached hydrogens (tertiary/aromatic N) is 3. The molecule has 0 radical (unpaired) electrons. The fraction of sp³-hybridized carbons (Fsp3) is 0.632. The molecule has 0 saturated carbocycles. The first-order valence-corrected chi connectivity index (χ1v) is 9.31. The maximum absolute atomic E-state index is 12.9. The minimum atomic E-state index is -0.255. The van der Waals surface area contributed by atoms with Crippen LogP contribution in [0.25, 0.3) is 0 Å². The summed E-state index contributed by atoms with van der Waals surface area (Å²) >= 11 is 0. The van der Waals surface area contributed by atoms with Gasteiger partial charge in [-0.2, -0.15) is 0 Å². The third-order valence-electron chi connectivity index (χ3n) is 5.31. The third-order valence-corrected chi connectivity index (χ3v) is 5.31. The summed E-state index contributed by atoms with van der Waals surface area (Å²) in [7, 11) is 0. The van der Waals surface area contributed by atoms with Gasteiger partial charge in [-0.1, -0.05) is 13.0 Å². The van der Waals surface area contributed by atoms with E-state index in [0.29, 0.717) is 25.5 Å². The first-order valence-electron chi connectivity index (χ1n) is 9.31. The van der Waals surface area contributed by atoms with Gasteiger partial charge < -0.3 is 10.2 Å². The van der Waals surface area contributed by atoms with E-state index in [-0.39, 0.29) is 11.3 Å². The van der Waals surface area contributed by atoms with E-state index in [4.69, 9.17) is 0 Å². The van der Waals surface area contributed by atoms with Crippen molar-refractivity contribution in [2.45, 2.75) is 39.2 Å². The molecule has 2 fully saturated rings. The second kappa shape index (κ2) is 7.95. The van der Waals surface area contributed by atoms with E-state index < -0.39 is 0 Å². The molecule has 2 aliphatic heterocycles. The Kier molecular flexibility index (Phi) is 5.68. The van der Waals surface area contributed by atoms with Crippen molar-refractivity contribution < 1.29 is 9.59 Å². The minimum absolute atomic E-state index is 0.00336. The first kappa shape index (κ1) is 17.9. The van der Waals surface area contributed by atoms with Crippen molar-refractivity contribution in [1.29, 1.82) is 0 Å². The number of carbonyl (C=O) groups excluding carboxylic acids is 2. The molecule has 6 heteroatoms. The van der Waals surface area contributed by atoms with Crippen molar-refractivity contribution in [3.8, 4) is 0 Å². The Morgan fingerprint density at radius 1 is 1.32 bits per heavy atom. The van der Waals surface area contributed by atoms with E-state index in [9.17, 15) is 9.59 Å². The van der Waals surface area contributed by atoms with Crippen molar-refractivity contribution in [3.63, 3.8) is 0 Å². The van der Waals surface area contributed by atoms with Gasteiger partial charge in [0.05, 0.1) is 24.2 Å². The van der Waals surface area contributed by atoms with E-state index >= 15 is 0 Å². The lowest BCUT2D eigenvalue weighted by atomic mass is 9.78. The second-order valence-electron chi connectivity index (χ2n) is 7.23. The summed E-state index contributed by atoms with van der Waals surface area (Å²) in [6.45, 7) is 6.19. The summed E-state index contributed by atoms with van der Waals surface area (Å²) < 4.78 is 0. The number of hydrogen-bond acceptors (Lipinski definition) is 4. The Bertz CT molecular complexity index is 605. The number of amides is 2. The smallest absolute Gasteiger partial charge is 0.234 e. The minimum Gasteiger partial charge on any atom is -0.349 e. The predicted molar refractivity (Wildman–Crippen MR) is 95.7 cm³/mol. The van der Waals surface area contributed by atoms with E-state index in [2.05, 4.69) is 22.1 Å². The normalized spacial score (nSPS) is 24.0. The van der Waals surface area contributed by atoms with Gasteiger partial charge in [0.2, 0.25) is 11.8 Å². The summed E-state index contributed by atoms with van der Waals surface area (Å²) in [6, 6.07) is 5.67. The lowest BCUT2D eigenvalue weighted by Gasteiger charge is -2.39. The van der Waals surface area contributed by atoms with Crippen LogP contribution in [0.3, 0.4) is 0 Å². The molecule has 25 heavy (non-hydrogen) atoms. The van der Waals surface area contributed by atoms with Gasteiger partial charge in [0.1, 0.15) is 0 Å². The van der Waals surface area contributed by atoms with Crippen LogP contribution in [0.15, 0.2) is 24.4 Å². The van der Waals surface area contributed by atoms with Crippen molar-refractivity contribution >= 4 is 11.8 Å². The first-order chi connectivity index (χ1) is 12.1. The Hall–Kier alpha value is -1.95. The zero-order chi connectivity index (χ0) is 17.7. The van der Waals surface area contributed by atoms with E-state index in [1.165, 1.54) is 0 Å². The second-order valence-corrected chi connectivity index (χ2v) is 7.23. The molecule has 1 spiro atoms. The molecule has 1 aromatic heterocycles. The molecule has 0 unspecified atom stereocenters. The maximum atomic E-state index is 12.9. The number of likely N-dealkylation sites (tertiary alicyclic amines) is 2. The third kappa shape index (κ3) is 4.18. The van der Waals surface area contributed by atoms with E-state index in [1.54, 1.807) is 6.20 Å². The predicted octanol–water partition coefficient (Wildman–Crippen LogP) is 1.42. The Balaban J connectivity index is 1.50. The van der Waals surface area contributed by atoms with Gasteiger partial charge in [-0.15, -0.1) is 0 Å². The summed E-state index contributed by atoms with van der Waals surface area (Å²) in [5.74, 6) is 0.299. The number of piperidine rings is 1. The SMILES string of the molecule is CCCN1CCC[C@]2(CCN(CC(=O)NCc3ccccn3)C2)C1=O. The molecule has 136 valence electrons. The molecule has 0 bridgehead atoms. The van der Waals surface area contributed by atoms with Crippen LogP contribution in [-0.4, -0.2) is 59.3 Å². The number of hydrogen-bond donors (Lipinski definition) is 1. The largest absolute Gasteiger partial charge is 0.349 e. The van der Waals surface area contributed by atoms with Crippen molar-refractivity contribution in [1.82, 2.24) is 20.1 Å². The number of aromatic nitrogens is 1. The van der Waals surface area contributed by atoms with E-state index in [1.807, 2.05) is 23.1 Å². The van der Waals surface area contributed by atoms with Crippen molar-refractivity contribution in [2.75, 3.05) is 32.7 Å². The fourth-order valence-electron chi connectivity index (χ4n) is 4.06. The molecule has 1 N–H and O–H groups in total. The molecule has 2 saturated heterocycles. The van der Waals surface area contributed by atoms with Gasteiger partial charge in [-0.3, -0.25) is 19.5 Å². The molecule has 2 amide bonds. The monoisotopic (exact) mass is 344 g/mol.